The van der Waals surface area contributed by atoms with Crippen molar-refractivity contribution in [2.24, 2.45) is 0 Å². The van der Waals surface area contributed by atoms with E-state index in [4.69, 9.17) is 6.42 Å². The Morgan fingerprint density at radius 3 is 2.75 bits per heavy atom. The SMILES string of the molecule is C#CC1(c2ccc(O)c(C(=O)OC)c2)CC1. The summed E-state index contributed by atoms with van der Waals surface area (Å²) < 4.78 is 4.59. The topological polar surface area (TPSA) is 46.5 Å². The zero-order valence-electron chi connectivity index (χ0n) is 8.99. The van der Waals surface area contributed by atoms with Gasteiger partial charge in [-0.3, -0.25) is 0 Å². The minimum Gasteiger partial charge on any atom is -0.507 e. The van der Waals surface area contributed by atoms with E-state index in [0.29, 0.717) is 0 Å². The fraction of sp³-hybridized carbons (Fsp3) is 0.308. The number of hydrogen-bond donors (Lipinski definition) is 1. The van der Waals surface area contributed by atoms with Gasteiger partial charge in [-0.25, -0.2) is 4.79 Å². The second-order valence-electron chi connectivity index (χ2n) is 3.95. The molecule has 0 saturated heterocycles. The molecule has 0 aliphatic heterocycles. The van der Waals surface area contributed by atoms with Crippen molar-refractivity contribution < 1.29 is 14.6 Å². The van der Waals surface area contributed by atoms with Crippen molar-refractivity contribution in [3.8, 4) is 18.1 Å². The zero-order chi connectivity index (χ0) is 11.8. The molecule has 1 saturated carbocycles. The lowest BCUT2D eigenvalue weighted by molar-refractivity contribution is 0.0597. The van der Waals surface area contributed by atoms with E-state index in [-0.39, 0.29) is 16.7 Å². The average molecular weight is 216 g/mol. The minimum absolute atomic E-state index is 0.0802. The van der Waals surface area contributed by atoms with E-state index in [1.165, 1.54) is 13.2 Å². The number of phenols is 1. The number of methoxy groups -OCH3 is 1. The molecule has 1 aliphatic rings. The summed E-state index contributed by atoms with van der Waals surface area (Å²) in [5.74, 6) is 2.11. The Morgan fingerprint density at radius 1 is 1.56 bits per heavy atom. The number of esters is 1. The average Bonchev–Trinajstić information content (AvgIpc) is 3.09. The van der Waals surface area contributed by atoms with Gasteiger partial charge in [-0.05, 0) is 30.5 Å². The van der Waals surface area contributed by atoms with Crippen molar-refractivity contribution in [2.75, 3.05) is 7.11 Å². The maximum Gasteiger partial charge on any atom is 0.341 e. The predicted molar refractivity (Wildman–Crippen MR) is 59.2 cm³/mol. The molecule has 1 aromatic rings. The van der Waals surface area contributed by atoms with Crippen LogP contribution in [0, 0.1) is 12.3 Å². The third kappa shape index (κ3) is 1.53. The molecule has 0 bridgehead atoms. The number of phenolic OH excluding ortho intramolecular Hbond substituents is 1. The molecule has 3 nitrogen and oxygen atoms in total. The Balaban J connectivity index is 2.45. The van der Waals surface area contributed by atoms with Gasteiger partial charge in [0, 0.05) is 0 Å². The van der Waals surface area contributed by atoms with E-state index in [2.05, 4.69) is 10.7 Å². The number of hydrogen-bond acceptors (Lipinski definition) is 3. The molecule has 0 spiro atoms. The van der Waals surface area contributed by atoms with E-state index >= 15 is 0 Å². The van der Waals surface area contributed by atoms with Crippen LogP contribution in [0.25, 0.3) is 0 Å². The van der Waals surface area contributed by atoms with Gasteiger partial charge >= 0.3 is 5.97 Å². The molecule has 0 atom stereocenters. The smallest absolute Gasteiger partial charge is 0.341 e. The van der Waals surface area contributed by atoms with Gasteiger partial charge in [0.05, 0.1) is 12.5 Å². The summed E-state index contributed by atoms with van der Waals surface area (Å²) in [6.07, 6.45) is 7.32. The zero-order valence-corrected chi connectivity index (χ0v) is 8.99. The first kappa shape index (κ1) is 10.6. The summed E-state index contributed by atoms with van der Waals surface area (Å²) in [7, 11) is 1.28. The highest BCUT2D eigenvalue weighted by molar-refractivity contribution is 5.92. The number of benzene rings is 1. The van der Waals surface area contributed by atoms with Crippen LogP contribution in [-0.4, -0.2) is 18.2 Å². The third-order valence-electron chi connectivity index (χ3n) is 2.98. The Bertz CT molecular complexity index is 478. The van der Waals surface area contributed by atoms with Crippen molar-refractivity contribution >= 4 is 5.97 Å². The third-order valence-corrected chi connectivity index (χ3v) is 2.98. The van der Waals surface area contributed by atoms with Crippen LogP contribution in [0.5, 0.6) is 5.75 Å². The van der Waals surface area contributed by atoms with E-state index in [1.54, 1.807) is 12.1 Å². The highest BCUT2D eigenvalue weighted by Gasteiger charge is 2.43. The molecular weight excluding hydrogens is 204 g/mol. The molecule has 1 aromatic carbocycles. The van der Waals surface area contributed by atoms with Gasteiger partial charge in [0.15, 0.2) is 0 Å². The highest BCUT2D eigenvalue weighted by Crippen LogP contribution is 2.48. The Morgan fingerprint density at radius 2 is 2.25 bits per heavy atom. The van der Waals surface area contributed by atoms with Crippen LogP contribution in [-0.2, 0) is 10.2 Å². The molecule has 1 N–H and O–H groups in total. The lowest BCUT2D eigenvalue weighted by atomic mass is 9.95. The van der Waals surface area contributed by atoms with Crippen LogP contribution in [0.1, 0.15) is 28.8 Å². The van der Waals surface area contributed by atoms with Gasteiger partial charge in [0.1, 0.15) is 11.3 Å². The quantitative estimate of drug-likeness (QED) is 0.606. The molecule has 82 valence electrons. The molecule has 0 unspecified atom stereocenters. The standard InChI is InChI=1S/C13H12O3/c1-3-13(6-7-13)9-4-5-11(14)10(8-9)12(15)16-2/h1,4-5,8,14H,6-7H2,2H3. The fourth-order valence-corrected chi connectivity index (χ4v) is 1.75. The Hall–Kier alpha value is -1.95. The second-order valence-corrected chi connectivity index (χ2v) is 3.95. The van der Waals surface area contributed by atoms with Crippen LogP contribution >= 0.6 is 0 Å². The number of ether oxygens (including phenoxy) is 1. The van der Waals surface area contributed by atoms with Crippen LogP contribution in [0.15, 0.2) is 18.2 Å². The summed E-state index contributed by atoms with van der Waals surface area (Å²) in [5, 5.41) is 9.54. The maximum atomic E-state index is 11.4. The molecule has 2 rings (SSSR count). The molecule has 0 amide bonds. The summed E-state index contributed by atoms with van der Waals surface area (Å²) in [6, 6.07) is 4.86. The number of rotatable bonds is 2. The van der Waals surface area contributed by atoms with Crippen LogP contribution in [0.2, 0.25) is 0 Å². The van der Waals surface area contributed by atoms with Crippen molar-refractivity contribution in [3.05, 3.63) is 29.3 Å². The van der Waals surface area contributed by atoms with Gasteiger partial charge in [0.25, 0.3) is 0 Å². The van der Waals surface area contributed by atoms with Crippen LogP contribution in [0.3, 0.4) is 0 Å². The number of carbonyl (C=O) groups excluding carboxylic acids is 1. The van der Waals surface area contributed by atoms with Crippen molar-refractivity contribution in [3.63, 3.8) is 0 Å². The molecule has 3 heteroatoms. The number of terminal acetylenes is 1. The largest absolute Gasteiger partial charge is 0.507 e. The monoisotopic (exact) mass is 216 g/mol. The minimum atomic E-state index is -0.549. The molecule has 0 heterocycles. The Labute approximate surface area is 94.0 Å². The second kappa shape index (κ2) is 3.57. The number of carbonyl (C=O) groups is 1. The molecule has 0 radical (unpaired) electrons. The summed E-state index contributed by atoms with van der Waals surface area (Å²) >= 11 is 0. The number of aromatic hydroxyl groups is 1. The van der Waals surface area contributed by atoms with Gasteiger partial charge in [-0.15, -0.1) is 6.42 Å². The van der Waals surface area contributed by atoms with Crippen LogP contribution < -0.4 is 0 Å². The van der Waals surface area contributed by atoms with Crippen molar-refractivity contribution in [1.82, 2.24) is 0 Å². The van der Waals surface area contributed by atoms with Crippen molar-refractivity contribution in [1.29, 1.82) is 0 Å². The maximum absolute atomic E-state index is 11.4. The summed E-state index contributed by atoms with van der Waals surface area (Å²) in [5.41, 5.74) is 0.825. The van der Waals surface area contributed by atoms with Gasteiger partial charge in [-0.1, -0.05) is 12.0 Å². The molecule has 16 heavy (non-hydrogen) atoms. The molecular formula is C13H12O3. The summed E-state index contributed by atoms with van der Waals surface area (Å²) in [4.78, 5) is 11.4. The fourth-order valence-electron chi connectivity index (χ4n) is 1.75. The van der Waals surface area contributed by atoms with E-state index in [0.717, 1.165) is 18.4 Å². The van der Waals surface area contributed by atoms with Gasteiger partial charge < -0.3 is 9.84 Å². The Kier molecular flexibility index (Phi) is 2.35. The molecule has 1 fully saturated rings. The normalized spacial score (nSPS) is 16.2. The first-order valence-electron chi connectivity index (χ1n) is 5.02. The molecule has 0 aromatic heterocycles. The van der Waals surface area contributed by atoms with Gasteiger partial charge in [-0.2, -0.15) is 0 Å². The van der Waals surface area contributed by atoms with Crippen LogP contribution in [0.4, 0.5) is 0 Å². The van der Waals surface area contributed by atoms with Crippen molar-refractivity contribution in [2.45, 2.75) is 18.3 Å². The molecule has 1 aliphatic carbocycles. The predicted octanol–water partition coefficient (Wildman–Crippen LogP) is 1.84. The lowest BCUT2D eigenvalue weighted by Crippen LogP contribution is -2.07. The van der Waals surface area contributed by atoms with E-state index < -0.39 is 5.97 Å². The lowest BCUT2D eigenvalue weighted by Gasteiger charge is -2.10. The van der Waals surface area contributed by atoms with Gasteiger partial charge in [0.2, 0.25) is 0 Å². The first-order chi connectivity index (χ1) is 7.63. The van der Waals surface area contributed by atoms with E-state index in [1.807, 2.05) is 0 Å². The van der Waals surface area contributed by atoms with E-state index in [9.17, 15) is 9.90 Å². The summed E-state index contributed by atoms with van der Waals surface area (Å²) in [6.45, 7) is 0. The highest BCUT2D eigenvalue weighted by atomic mass is 16.5. The first-order valence-corrected chi connectivity index (χ1v) is 5.02.